The third-order valence-electron chi connectivity index (χ3n) is 5.03. The van der Waals surface area contributed by atoms with Crippen molar-refractivity contribution in [1.82, 2.24) is 4.31 Å². The Balaban J connectivity index is 1.76. The topological polar surface area (TPSA) is 93.1 Å². The molecule has 2 fully saturated rings. The lowest BCUT2D eigenvalue weighted by atomic mass is 9.91. The summed E-state index contributed by atoms with van der Waals surface area (Å²) in [4.78, 5) is 11.3. The van der Waals surface area contributed by atoms with Gasteiger partial charge in [-0.2, -0.15) is 4.31 Å². The van der Waals surface area contributed by atoms with Crippen LogP contribution in [0.4, 0.5) is 0 Å². The van der Waals surface area contributed by atoms with E-state index in [1.165, 1.54) is 29.6 Å². The molecule has 0 aliphatic carbocycles. The third-order valence-corrected chi connectivity index (χ3v) is 6.92. The molecule has 8 heteroatoms. The number of hydrogen-bond acceptors (Lipinski definition) is 5. The lowest BCUT2D eigenvalue weighted by Gasteiger charge is -2.33. The lowest BCUT2D eigenvalue weighted by Crippen LogP contribution is -2.41. The van der Waals surface area contributed by atoms with E-state index in [9.17, 15) is 18.3 Å². The van der Waals surface area contributed by atoms with Crippen LogP contribution in [0.1, 0.15) is 36.0 Å². The normalized spacial score (nSPS) is 22.8. The van der Waals surface area contributed by atoms with Crippen LogP contribution in [-0.2, 0) is 14.8 Å². The van der Waals surface area contributed by atoms with Crippen molar-refractivity contribution in [3.8, 4) is 5.75 Å². The van der Waals surface area contributed by atoms with Crippen LogP contribution < -0.4 is 4.74 Å². The molecule has 1 N–H and O–H groups in total. The maximum absolute atomic E-state index is 12.9. The zero-order valence-corrected chi connectivity index (χ0v) is 15.0. The molecule has 1 aromatic carbocycles. The highest BCUT2D eigenvalue weighted by atomic mass is 32.2. The molecule has 3 rings (SSSR count). The fourth-order valence-electron chi connectivity index (χ4n) is 3.63. The van der Waals surface area contributed by atoms with E-state index in [0.717, 1.165) is 32.3 Å². The molecule has 138 valence electrons. The number of carboxylic acid groups (broad SMARTS) is 1. The number of rotatable bonds is 5. The van der Waals surface area contributed by atoms with Crippen LogP contribution >= 0.6 is 0 Å². The fourth-order valence-corrected chi connectivity index (χ4v) is 5.12. The Kier molecular flexibility index (Phi) is 5.31. The van der Waals surface area contributed by atoms with Crippen LogP contribution in [0.3, 0.4) is 0 Å². The van der Waals surface area contributed by atoms with Gasteiger partial charge in [-0.1, -0.05) is 0 Å². The van der Waals surface area contributed by atoms with E-state index in [-0.39, 0.29) is 22.3 Å². The molecule has 1 aromatic rings. The van der Waals surface area contributed by atoms with Crippen LogP contribution in [0.5, 0.6) is 5.75 Å². The van der Waals surface area contributed by atoms with Crippen molar-refractivity contribution in [3.05, 3.63) is 23.8 Å². The van der Waals surface area contributed by atoms with E-state index in [1.807, 2.05) is 0 Å². The molecule has 0 saturated carbocycles. The first kappa shape index (κ1) is 18.2. The summed E-state index contributed by atoms with van der Waals surface area (Å²) >= 11 is 0. The summed E-state index contributed by atoms with van der Waals surface area (Å²) in [6.45, 7) is 1.66. The molecule has 0 bridgehead atoms. The first-order valence-electron chi connectivity index (χ1n) is 8.46. The smallest absolute Gasteiger partial charge is 0.339 e. The molecule has 2 heterocycles. The molecular weight excluding hydrogens is 346 g/mol. The van der Waals surface area contributed by atoms with Crippen LogP contribution in [-0.4, -0.2) is 56.7 Å². The Morgan fingerprint density at radius 3 is 2.56 bits per heavy atom. The number of aromatic carboxylic acids is 1. The molecule has 0 amide bonds. The number of methoxy groups -OCH3 is 1. The van der Waals surface area contributed by atoms with Crippen LogP contribution in [0.15, 0.2) is 23.1 Å². The maximum atomic E-state index is 12.9. The van der Waals surface area contributed by atoms with Gasteiger partial charge in [-0.05, 0) is 49.8 Å². The van der Waals surface area contributed by atoms with E-state index in [2.05, 4.69) is 0 Å². The number of ether oxygens (including phenoxy) is 2. The third kappa shape index (κ3) is 3.65. The van der Waals surface area contributed by atoms with Gasteiger partial charge in [-0.3, -0.25) is 0 Å². The number of nitrogens with zero attached hydrogens (tertiary/aromatic N) is 1. The predicted octanol–water partition coefficient (Wildman–Crippen LogP) is 1.97. The van der Waals surface area contributed by atoms with Gasteiger partial charge in [0.15, 0.2) is 0 Å². The summed E-state index contributed by atoms with van der Waals surface area (Å²) in [7, 11) is -2.36. The van der Waals surface area contributed by atoms with E-state index in [0.29, 0.717) is 19.0 Å². The van der Waals surface area contributed by atoms with Crippen molar-refractivity contribution in [1.29, 1.82) is 0 Å². The molecule has 1 atom stereocenters. The minimum atomic E-state index is -3.72. The highest BCUT2D eigenvalue weighted by molar-refractivity contribution is 7.89. The molecule has 2 saturated heterocycles. The summed E-state index contributed by atoms with van der Waals surface area (Å²) < 4.78 is 37.8. The largest absolute Gasteiger partial charge is 0.496 e. The Hall–Kier alpha value is -1.64. The second-order valence-corrected chi connectivity index (χ2v) is 8.40. The highest BCUT2D eigenvalue weighted by Gasteiger charge is 2.34. The van der Waals surface area contributed by atoms with Gasteiger partial charge in [0, 0.05) is 19.7 Å². The van der Waals surface area contributed by atoms with Gasteiger partial charge in [0.05, 0.1) is 18.1 Å². The van der Waals surface area contributed by atoms with Crippen molar-refractivity contribution in [2.75, 3.05) is 26.8 Å². The van der Waals surface area contributed by atoms with Crippen molar-refractivity contribution in [2.45, 2.75) is 36.7 Å². The summed E-state index contributed by atoms with van der Waals surface area (Å²) in [6.07, 6.45) is 3.92. The molecule has 1 unspecified atom stereocenters. The molecular formula is C17H23NO6S. The number of carbonyl (C=O) groups is 1. The minimum Gasteiger partial charge on any atom is -0.496 e. The molecule has 0 radical (unpaired) electrons. The van der Waals surface area contributed by atoms with Gasteiger partial charge >= 0.3 is 5.97 Å². The second-order valence-electron chi connectivity index (χ2n) is 6.46. The first-order valence-corrected chi connectivity index (χ1v) is 9.90. The van der Waals surface area contributed by atoms with Crippen LogP contribution in [0, 0.1) is 5.92 Å². The average Bonchev–Trinajstić information content (AvgIpc) is 3.15. The van der Waals surface area contributed by atoms with Crippen molar-refractivity contribution < 1.29 is 27.8 Å². The van der Waals surface area contributed by atoms with Gasteiger partial charge < -0.3 is 14.6 Å². The number of piperidine rings is 1. The quantitative estimate of drug-likeness (QED) is 0.853. The van der Waals surface area contributed by atoms with Crippen molar-refractivity contribution in [2.24, 2.45) is 5.92 Å². The van der Waals surface area contributed by atoms with Gasteiger partial charge in [0.1, 0.15) is 11.3 Å². The summed E-state index contributed by atoms with van der Waals surface area (Å²) in [6, 6.07) is 3.95. The molecule has 2 aliphatic rings. The molecule has 0 spiro atoms. The summed E-state index contributed by atoms with van der Waals surface area (Å²) in [5.41, 5.74) is -0.155. The van der Waals surface area contributed by atoms with Crippen LogP contribution in [0.25, 0.3) is 0 Å². The molecule has 7 nitrogen and oxygen atoms in total. The molecule has 25 heavy (non-hydrogen) atoms. The average molecular weight is 369 g/mol. The Morgan fingerprint density at radius 1 is 1.28 bits per heavy atom. The van der Waals surface area contributed by atoms with Crippen molar-refractivity contribution in [3.63, 3.8) is 0 Å². The van der Waals surface area contributed by atoms with Gasteiger partial charge in [-0.25, -0.2) is 13.2 Å². The minimum absolute atomic E-state index is 0.0127. The van der Waals surface area contributed by atoms with Gasteiger partial charge in [-0.15, -0.1) is 0 Å². The van der Waals surface area contributed by atoms with E-state index in [1.54, 1.807) is 0 Å². The Labute approximate surface area is 147 Å². The molecule has 2 aliphatic heterocycles. The SMILES string of the molecule is COc1ccc(S(=O)(=O)N2CCC(C3CCCO3)CC2)cc1C(=O)O. The lowest BCUT2D eigenvalue weighted by molar-refractivity contribution is 0.0425. The standard InChI is InChI=1S/C17H23NO6S/c1-23-16-5-4-13(11-14(16)17(19)20)25(21,22)18-8-6-12(7-9-18)15-3-2-10-24-15/h4-5,11-12,15H,2-3,6-10H2,1H3,(H,19,20). The van der Waals surface area contributed by atoms with E-state index >= 15 is 0 Å². The zero-order chi connectivity index (χ0) is 18.0. The summed E-state index contributed by atoms with van der Waals surface area (Å²) in [5.74, 6) is -0.672. The fraction of sp³-hybridized carbons (Fsp3) is 0.588. The van der Waals surface area contributed by atoms with Gasteiger partial charge in [0.25, 0.3) is 0 Å². The first-order chi connectivity index (χ1) is 11.9. The van der Waals surface area contributed by atoms with Crippen molar-refractivity contribution >= 4 is 16.0 Å². The number of benzene rings is 1. The van der Waals surface area contributed by atoms with E-state index in [4.69, 9.17) is 9.47 Å². The highest BCUT2D eigenvalue weighted by Crippen LogP contribution is 2.32. The molecule has 0 aromatic heterocycles. The van der Waals surface area contributed by atoms with Gasteiger partial charge in [0.2, 0.25) is 10.0 Å². The van der Waals surface area contributed by atoms with Crippen LogP contribution in [0.2, 0.25) is 0 Å². The second kappa shape index (κ2) is 7.31. The number of hydrogen-bond donors (Lipinski definition) is 1. The number of sulfonamides is 1. The summed E-state index contributed by atoms with van der Waals surface area (Å²) in [5, 5.41) is 9.25. The number of carboxylic acids is 1. The Bertz CT molecular complexity index is 734. The monoisotopic (exact) mass is 369 g/mol. The van der Waals surface area contributed by atoms with E-state index < -0.39 is 16.0 Å². The zero-order valence-electron chi connectivity index (χ0n) is 14.2. The maximum Gasteiger partial charge on any atom is 0.339 e. The Morgan fingerprint density at radius 2 is 2.00 bits per heavy atom. The predicted molar refractivity (Wildman–Crippen MR) is 90.4 cm³/mol.